The van der Waals surface area contributed by atoms with E-state index in [4.69, 9.17) is 33.7 Å². The lowest BCUT2D eigenvalue weighted by Gasteiger charge is -2.34. The summed E-state index contributed by atoms with van der Waals surface area (Å²) in [5, 5.41) is 13.9. The molecule has 0 aliphatic carbocycles. The summed E-state index contributed by atoms with van der Waals surface area (Å²) >= 11 is 12.3. The number of nitrogens with two attached hydrogens (primary N) is 1. The van der Waals surface area contributed by atoms with Gasteiger partial charge in [-0.15, -0.1) is 12.4 Å². The van der Waals surface area contributed by atoms with Crippen LogP contribution in [-0.2, 0) is 4.74 Å². The second-order valence-corrected chi connectivity index (χ2v) is 6.83. The molecule has 7 heteroatoms. The molecular weight excluding hydrogens is 371 g/mol. The van der Waals surface area contributed by atoms with Gasteiger partial charge in [0, 0.05) is 31.9 Å². The molecule has 1 saturated heterocycles. The van der Waals surface area contributed by atoms with E-state index in [0.29, 0.717) is 23.3 Å². The first-order valence-corrected chi connectivity index (χ1v) is 8.22. The van der Waals surface area contributed by atoms with E-state index in [1.165, 1.54) is 0 Å². The Hall–Kier alpha value is -1.01. The quantitative estimate of drug-likeness (QED) is 0.668. The molecule has 0 saturated carbocycles. The molecule has 3 aromatic rings. The van der Waals surface area contributed by atoms with Gasteiger partial charge in [-0.2, -0.15) is 0 Å². The Bertz CT molecular complexity index is 837. The third-order valence-corrected chi connectivity index (χ3v) is 4.96. The minimum absolute atomic E-state index is 0. The summed E-state index contributed by atoms with van der Waals surface area (Å²) in [6, 6.07) is 10.8. The highest BCUT2D eigenvalue weighted by molar-refractivity contribution is 6.33. The second kappa shape index (κ2) is 6.71. The van der Waals surface area contributed by atoms with Crippen molar-refractivity contribution in [2.75, 3.05) is 13.2 Å². The van der Waals surface area contributed by atoms with Crippen LogP contribution in [0.4, 0.5) is 0 Å². The van der Waals surface area contributed by atoms with Crippen LogP contribution in [0, 0.1) is 0 Å². The van der Waals surface area contributed by atoms with Crippen molar-refractivity contribution in [3.05, 3.63) is 46.4 Å². The van der Waals surface area contributed by atoms with E-state index in [1.807, 2.05) is 36.4 Å². The molecule has 128 valence electrons. The first-order chi connectivity index (χ1) is 11.1. The number of aliphatic hydroxyl groups is 1. The minimum atomic E-state index is -0.672. The third-order valence-electron chi connectivity index (χ3n) is 4.49. The molecule has 1 aliphatic rings. The van der Waals surface area contributed by atoms with Crippen LogP contribution in [0.5, 0.6) is 0 Å². The van der Waals surface area contributed by atoms with E-state index >= 15 is 0 Å². The van der Waals surface area contributed by atoms with E-state index in [2.05, 4.69) is 4.57 Å². The SMILES string of the molecule is Cl.N[C@@H]1COC[C@H](n2c3ccc(Cl)cc3c3cc(Cl)ccc32)[C@H]1O. The molecule has 1 aromatic heterocycles. The van der Waals surface area contributed by atoms with E-state index in [1.54, 1.807) is 0 Å². The third kappa shape index (κ3) is 2.77. The van der Waals surface area contributed by atoms with Crippen molar-refractivity contribution in [2.24, 2.45) is 5.73 Å². The van der Waals surface area contributed by atoms with Gasteiger partial charge < -0.3 is 20.1 Å². The molecule has 0 amide bonds. The van der Waals surface area contributed by atoms with E-state index in [-0.39, 0.29) is 18.4 Å². The van der Waals surface area contributed by atoms with Crippen LogP contribution in [0.3, 0.4) is 0 Å². The van der Waals surface area contributed by atoms with Crippen molar-refractivity contribution in [1.82, 2.24) is 4.57 Å². The molecule has 24 heavy (non-hydrogen) atoms. The lowest BCUT2D eigenvalue weighted by atomic mass is 10.0. The molecule has 0 spiro atoms. The zero-order chi connectivity index (χ0) is 16.1. The number of fused-ring (bicyclic) bond motifs is 3. The normalized spacial score (nSPS) is 24.2. The van der Waals surface area contributed by atoms with E-state index in [9.17, 15) is 5.11 Å². The van der Waals surface area contributed by atoms with Crippen molar-refractivity contribution < 1.29 is 9.84 Å². The van der Waals surface area contributed by atoms with Gasteiger partial charge in [0.25, 0.3) is 0 Å². The summed E-state index contributed by atoms with van der Waals surface area (Å²) in [7, 11) is 0. The van der Waals surface area contributed by atoms with Gasteiger partial charge in [-0.3, -0.25) is 0 Å². The fraction of sp³-hybridized carbons (Fsp3) is 0.294. The van der Waals surface area contributed by atoms with Crippen LogP contribution in [0.2, 0.25) is 10.0 Å². The summed E-state index contributed by atoms with van der Waals surface area (Å²) in [4.78, 5) is 0. The molecule has 3 N–H and O–H groups in total. The van der Waals surface area contributed by atoms with Gasteiger partial charge in [0.05, 0.1) is 31.4 Å². The van der Waals surface area contributed by atoms with Crippen molar-refractivity contribution in [2.45, 2.75) is 18.2 Å². The van der Waals surface area contributed by atoms with E-state index in [0.717, 1.165) is 21.8 Å². The summed E-state index contributed by atoms with van der Waals surface area (Å²) < 4.78 is 7.66. The zero-order valence-electron chi connectivity index (χ0n) is 12.7. The van der Waals surface area contributed by atoms with Gasteiger partial charge in [0.1, 0.15) is 0 Å². The van der Waals surface area contributed by atoms with Gasteiger partial charge in [-0.1, -0.05) is 23.2 Å². The number of rotatable bonds is 1. The van der Waals surface area contributed by atoms with Crippen molar-refractivity contribution in [1.29, 1.82) is 0 Å². The molecule has 1 fully saturated rings. The second-order valence-electron chi connectivity index (χ2n) is 5.95. The topological polar surface area (TPSA) is 60.4 Å². The highest BCUT2D eigenvalue weighted by Crippen LogP contribution is 2.36. The molecule has 0 bridgehead atoms. The predicted octanol–water partition coefficient (Wildman–Crippen LogP) is 3.78. The summed E-state index contributed by atoms with van der Waals surface area (Å²) in [6.45, 7) is 0.783. The number of benzene rings is 2. The Morgan fingerprint density at radius 1 is 1.00 bits per heavy atom. The maximum absolute atomic E-state index is 10.6. The maximum atomic E-state index is 10.6. The minimum Gasteiger partial charge on any atom is -0.389 e. The first-order valence-electron chi connectivity index (χ1n) is 7.46. The molecule has 3 atom stereocenters. The molecular formula is C17H17Cl3N2O2. The summed E-state index contributed by atoms with van der Waals surface area (Å²) in [5.74, 6) is 0. The Morgan fingerprint density at radius 2 is 1.54 bits per heavy atom. The van der Waals surface area contributed by atoms with Gasteiger partial charge in [0.15, 0.2) is 0 Å². The van der Waals surface area contributed by atoms with Crippen molar-refractivity contribution >= 4 is 57.4 Å². The number of nitrogens with zero attached hydrogens (tertiary/aromatic N) is 1. The van der Waals surface area contributed by atoms with Gasteiger partial charge in [0.2, 0.25) is 0 Å². The first kappa shape index (κ1) is 17.8. The summed E-state index contributed by atoms with van der Waals surface area (Å²) in [5.41, 5.74) is 7.94. The fourth-order valence-electron chi connectivity index (χ4n) is 3.39. The monoisotopic (exact) mass is 386 g/mol. The van der Waals surface area contributed by atoms with Gasteiger partial charge in [-0.25, -0.2) is 0 Å². The van der Waals surface area contributed by atoms with Crippen LogP contribution in [-0.4, -0.2) is 35.0 Å². The molecule has 0 unspecified atom stereocenters. The fourth-order valence-corrected chi connectivity index (χ4v) is 3.73. The van der Waals surface area contributed by atoms with E-state index < -0.39 is 12.1 Å². The highest BCUT2D eigenvalue weighted by atomic mass is 35.5. The number of aromatic nitrogens is 1. The van der Waals surface area contributed by atoms with Gasteiger partial charge in [-0.05, 0) is 36.4 Å². The summed E-state index contributed by atoms with van der Waals surface area (Å²) in [6.07, 6.45) is -0.672. The highest BCUT2D eigenvalue weighted by Gasteiger charge is 2.33. The van der Waals surface area contributed by atoms with Crippen LogP contribution < -0.4 is 5.73 Å². The van der Waals surface area contributed by atoms with Crippen molar-refractivity contribution in [3.63, 3.8) is 0 Å². The van der Waals surface area contributed by atoms with Crippen LogP contribution in [0.1, 0.15) is 6.04 Å². The lowest BCUT2D eigenvalue weighted by Crippen LogP contribution is -2.49. The molecule has 2 heterocycles. The largest absolute Gasteiger partial charge is 0.389 e. The number of hydrogen-bond donors (Lipinski definition) is 2. The number of hydrogen-bond acceptors (Lipinski definition) is 3. The molecule has 4 rings (SSSR count). The average Bonchev–Trinajstić information content (AvgIpc) is 2.83. The number of aliphatic hydroxyl groups excluding tert-OH is 1. The molecule has 0 radical (unpaired) electrons. The molecule has 2 aromatic carbocycles. The zero-order valence-corrected chi connectivity index (χ0v) is 15.0. The maximum Gasteiger partial charge on any atom is 0.0943 e. The Balaban J connectivity index is 0.00000169. The predicted molar refractivity (Wildman–Crippen MR) is 101 cm³/mol. The van der Waals surface area contributed by atoms with Crippen LogP contribution in [0.25, 0.3) is 21.8 Å². The van der Waals surface area contributed by atoms with Crippen LogP contribution >= 0.6 is 35.6 Å². The molecule has 4 nitrogen and oxygen atoms in total. The smallest absolute Gasteiger partial charge is 0.0943 e. The van der Waals surface area contributed by atoms with Crippen LogP contribution in [0.15, 0.2) is 36.4 Å². The van der Waals surface area contributed by atoms with Gasteiger partial charge >= 0.3 is 0 Å². The Morgan fingerprint density at radius 3 is 2.08 bits per heavy atom. The standard InChI is InChI=1S/C17H16Cl2N2O2.ClH/c18-9-1-3-14-11(5-9)12-6-10(19)2-4-15(12)21(14)16-8-23-7-13(20)17(16)22;/h1-6,13,16-17,22H,7-8,20H2;1H/t13-,16+,17+;/m1./s1. The Labute approximate surface area is 155 Å². The molecule has 1 aliphatic heterocycles. The lowest BCUT2D eigenvalue weighted by molar-refractivity contribution is -0.0416. The number of ether oxygens (including phenoxy) is 1. The average molecular weight is 388 g/mol. The Kier molecular flexibility index (Phi) is 4.98. The number of halogens is 3. The van der Waals surface area contributed by atoms with Crippen molar-refractivity contribution in [3.8, 4) is 0 Å².